The molecule has 2 aromatic heterocycles. The number of nitrogens with zero attached hydrogens (tertiary/aromatic N) is 3. The third-order valence-electron chi connectivity index (χ3n) is 2.94. The molecule has 0 aliphatic heterocycles. The molecule has 0 aliphatic rings. The van der Waals surface area contributed by atoms with E-state index < -0.39 is 5.97 Å². The molecule has 0 spiro atoms. The summed E-state index contributed by atoms with van der Waals surface area (Å²) in [7, 11) is 1.34. The Morgan fingerprint density at radius 3 is 2.95 bits per heavy atom. The molecule has 0 saturated heterocycles. The number of aliphatic imine (C=N–C) groups is 1. The highest BCUT2D eigenvalue weighted by atomic mass is 16.5. The number of ether oxygens (including phenoxy) is 1. The molecular weight excluding hydrogens is 284 g/mol. The number of hydrogen-bond donors (Lipinski definition) is 1. The average Bonchev–Trinajstić information content (AvgIpc) is 3.23. The Bertz CT molecular complexity index is 806. The maximum absolute atomic E-state index is 11.8. The van der Waals surface area contributed by atoms with Crippen molar-refractivity contribution in [1.82, 2.24) is 15.2 Å². The molecular formula is C15H12N4O3. The van der Waals surface area contributed by atoms with Crippen molar-refractivity contribution in [1.29, 1.82) is 0 Å². The number of furan rings is 1. The van der Waals surface area contributed by atoms with Gasteiger partial charge in [-0.15, -0.1) is 0 Å². The van der Waals surface area contributed by atoms with Crippen LogP contribution in [0.3, 0.4) is 0 Å². The molecule has 0 fully saturated rings. The van der Waals surface area contributed by atoms with E-state index in [1.807, 2.05) is 6.07 Å². The number of carbonyl (C=O) groups excluding carboxylic acids is 1. The first-order valence-electron chi connectivity index (χ1n) is 6.45. The molecule has 3 rings (SSSR count). The van der Waals surface area contributed by atoms with Crippen LogP contribution in [0.2, 0.25) is 0 Å². The number of rotatable bonds is 4. The van der Waals surface area contributed by atoms with E-state index >= 15 is 0 Å². The Labute approximate surface area is 125 Å². The van der Waals surface area contributed by atoms with Crippen LogP contribution in [0, 0.1) is 0 Å². The normalized spacial score (nSPS) is 11.0. The molecule has 0 bridgehead atoms. The molecule has 0 unspecified atom stereocenters. The summed E-state index contributed by atoms with van der Waals surface area (Å²) in [5.41, 5.74) is 1.10. The van der Waals surface area contributed by atoms with Gasteiger partial charge in [0.1, 0.15) is 17.8 Å². The number of hydrogen-bond acceptors (Lipinski definition) is 6. The van der Waals surface area contributed by atoms with Gasteiger partial charge in [0, 0.05) is 5.56 Å². The number of H-pyrrole nitrogens is 1. The van der Waals surface area contributed by atoms with Crippen molar-refractivity contribution in [2.75, 3.05) is 7.11 Å². The molecule has 1 N–H and O–H groups in total. The van der Waals surface area contributed by atoms with Crippen molar-refractivity contribution in [3.8, 4) is 11.3 Å². The van der Waals surface area contributed by atoms with Gasteiger partial charge in [-0.3, -0.25) is 0 Å². The van der Waals surface area contributed by atoms with Crippen molar-refractivity contribution in [2.45, 2.75) is 0 Å². The second-order valence-electron chi connectivity index (χ2n) is 4.31. The molecule has 0 radical (unpaired) electrons. The van der Waals surface area contributed by atoms with Crippen LogP contribution in [0.25, 0.3) is 11.3 Å². The van der Waals surface area contributed by atoms with Crippen molar-refractivity contribution < 1.29 is 13.9 Å². The summed E-state index contributed by atoms with van der Waals surface area (Å²) in [6, 6.07) is 10.6. The number of aromatic nitrogens is 3. The van der Waals surface area contributed by atoms with Gasteiger partial charge >= 0.3 is 5.97 Å². The second kappa shape index (κ2) is 6.04. The van der Waals surface area contributed by atoms with Crippen LogP contribution in [-0.4, -0.2) is 34.5 Å². The lowest BCUT2D eigenvalue weighted by Gasteiger charge is -2.04. The van der Waals surface area contributed by atoms with Crippen LogP contribution < -0.4 is 0 Å². The SMILES string of the molecule is COC(=O)c1ccccc1-c1ccc(/C=N/c2ncn[nH]2)o1. The van der Waals surface area contributed by atoms with Crippen molar-refractivity contribution in [3.63, 3.8) is 0 Å². The first kappa shape index (κ1) is 13.7. The summed E-state index contributed by atoms with van der Waals surface area (Å²) in [4.78, 5) is 19.7. The lowest BCUT2D eigenvalue weighted by atomic mass is 10.1. The summed E-state index contributed by atoms with van der Waals surface area (Å²) in [5, 5.41) is 6.31. The highest BCUT2D eigenvalue weighted by Crippen LogP contribution is 2.26. The van der Waals surface area contributed by atoms with E-state index in [0.29, 0.717) is 28.6 Å². The molecule has 0 amide bonds. The molecule has 0 saturated carbocycles. The van der Waals surface area contributed by atoms with Gasteiger partial charge in [0.15, 0.2) is 0 Å². The molecule has 0 aliphatic carbocycles. The first-order valence-corrected chi connectivity index (χ1v) is 6.45. The predicted octanol–water partition coefficient (Wildman–Crippen LogP) is 2.60. The maximum Gasteiger partial charge on any atom is 0.338 e. The van der Waals surface area contributed by atoms with Gasteiger partial charge in [0.2, 0.25) is 5.95 Å². The Morgan fingerprint density at radius 1 is 1.32 bits per heavy atom. The highest BCUT2D eigenvalue weighted by Gasteiger charge is 2.14. The molecule has 7 nitrogen and oxygen atoms in total. The summed E-state index contributed by atoms with van der Waals surface area (Å²) in [6.45, 7) is 0. The van der Waals surface area contributed by atoms with Crippen molar-refractivity contribution in [3.05, 3.63) is 54.0 Å². The first-order chi connectivity index (χ1) is 10.8. The third kappa shape index (κ3) is 2.78. The third-order valence-corrected chi connectivity index (χ3v) is 2.94. The lowest BCUT2D eigenvalue weighted by Crippen LogP contribution is -2.02. The van der Waals surface area contributed by atoms with Crippen LogP contribution in [0.15, 0.2) is 52.1 Å². The number of methoxy groups -OCH3 is 1. The van der Waals surface area contributed by atoms with Gasteiger partial charge in [-0.2, -0.15) is 10.1 Å². The van der Waals surface area contributed by atoms with Gasteiger partial charge in [-0.25, -0.2) is 14.9 Å². The van der Waals surface area contributed by atoms with E-state index in [9.17, 15) is 4.79 Å². The van der Waals surface area contributed by atoms with E-state index in [4.69, 9.17) is 9.15 Å². The van der Waals surface area contributed by atoms with Gasteiger partial charge < -0.3 is 9.15 Å². The average molecular weight is 296 g/mol. The molecule has 0 atom stereocenters. The van der Waals surface area contributed by atoms with Gasteiger partial charge in [0.25, 0.3) is 0 Å². The smallest absolute Gasteiger partial charge is 0.338 e. The zero-order chi connectivity index (χ0) is 15.4. The van der Waals surface area contributed by atoms with Gasteiger partial charge in [-0.1, -0.05) is 18.2 Å². The van der Waals surface area contributed by atoms with Crippen LogP contribution in [0.4, 0.5) is 5.95 Å². The van der Waals surface area contributed by atoms with Crippen LogP contribution >= 0.6 is 0 Å². The Kier molecular flexibility index (Phi) is 3.78. The minimum Gasteiger partial charge on any atom is -0.465 e. The molecule has 3 aromatic rings. The fourth-order valence-electron chi connectivity index (χ4n) is 1.94. The fourth-order valence-corrected chi connectivity index (χ4v) is 1.94. The summed E-state index contributed by atoms with van der Waals surface area (Å²) < 4.78 is 10.5. The Balaban J connectivity index is 1.90. The lowest BCUT2D eigenvalue weighted by molar-refractivity contribution is 0.0601. The van der Waals surface area contributed by atoms with E-state index in [-0.39, 0.29) is 0 Å². The fraction of sp³-hybridized carbons (Fsp3) is 0.0667. The number of esters is 1. The highest BCUT2D eigenvalue weighted by molar-refractivity contribution is 5.96. The Hall–Kier alpha value is -3.22. The number of benzene rings is 1. The topological polar surface area (TPSA) is 93.4 Å². The standard InChI is InChI=1S/C15H12N4O3/c1-21-14(20)12-5-3-2-4-11(12)13-7-6-10(22-13)8-16-15-17-9-18-19-15/h2-9H,1H3,(H,17,18,19)/b16-8+. The zero-order valence-electron chi connectivity index (χ0n) is 11.7. The number of aromatic amines is 1. The monoisotopic (exact) mass is 296 g/mol. The minimum atomic E-state index is -0.413. The molecule has 22 heavy (non-hydrogen) atoms. The van der Waals surface area contributed by atoms with E-state index in [0.717, 1.165) is 0 Å². The molecule has 2 heterocycles. The van der Waals surface area contributed by atoms with Gasteiger partial charge in [0.05, 0.1) is 18.9 Å². The molecule has 7 heteroatoms. The van der Waals surface area contributed by atoms with Gasteiger partial charge in [-0.05, 0) is 18.2 Å². The van der Waals surface area contributed by atoms with Crippen molar-refractivity contribution in [2.24, 2.45) is 4.99 Å². The number of carbonyl (C=O) groups is 1. The number of nitrogens with one attached hydrogen (secondary N) is 1. The molecule has 1 aromatic carbocycles. The second-order valence-corrected chi connectivity index (χ2v) is 4.31. The van der Waals surface area contributed by atoms with E-state index in [2.05, 4.69) is 20.2 Å². The maximum atomic E-state index is 11.8. The van der Waals surface area contributed by atoms with E-state index in [1.54, 1.807) is 30.3 Å². The summed E-state index contributed by atoms with van der Waals surface area (Å²) >= 11 is 0. The van der Waals surface area contributed by atoms with Crippen LogP contribution in [-0.2, 0) is 4.74 Å². The van der Waals surface area contributed by atoms with Crippen LogP contribution in [0.1, 0.15) is 16.1 Å². The molecule has 110 valence electrons. The van der Waals surface area contributed by atoms with Crippen molar-refractivity contribution >= 4 is 18.1 Å². The minimum absolute atomic E-state index is 0.382. The largest absolute Gasteiger partial charge is 0.465 e. The van der Waals surface area contributed by atoms with Crippen LogP contribution in [0.5, 0.6) is 0 Å². The summed E-state index contributed by atoms with van der Waals surface area (Å²) in [6.07, 6.45) is 2.89. The quantitative estimate of drug-likeness (QED) is 0.590. The summed E-state index contributed by atoms with van der Waals surface area (Å²) in [5.74, 6) is 1.06. The predicted molar refractivity (Wildman–Crippen MR) is 79.1 cm³/mol. The zero-order valence-corrected chi connectivity index (χ0v) is 11.7. The van der Waals surface area contributed by atoms with E-state index in [1.165, 1.54) is 19.7 Å². The Morgan fingerprint density at radius 2 is 2.18 bits per heavy atom.